The first kappa shape index (κ1) is 20.6. The second-order valence-corrected chi connectivity index (χ2v) is 5.49. The van der Waals surface area contributed by atoms with E-state index in [1.807, 2.05) is 0 Å². The van der Waals surface area contributed by atoms with Crippen molar-refractivity contribution in [3.8, 4) is 23.0 Å². The molecule has 2 aromatic rings. The summed E-state index contributed by atoms with van der Waals surface area (Å²) >= 11 is 0. The molecule has 148 valence electrons. The average Bonchev–Trinajstić information content (AvgIpc) is 2.75. The highest BCUT2D eigenvalue weighted by Gasteiger charge is 2.10. The Balaban J connectivity index is 2.00. The van der Waals surface area contributed by atoms with E-state index in [0.29, 0.717) is 28.6 Å². The third-order valence-corrected chi connectivity index (χ3v) is 3.77. The van der Waals surface area contributed by atoms with Crippen LogP contribution in [0.4, 0.5) is 0 Å². The molecule has 2 amide bonds. The largest absolute Gasteiger partial charge is 0.497 e. The lowest BCUT2D eigenvalue weighted by molar-refractivity contribution is -0.117. The lowest BCUT2D eigenvalue weighted by Gasteiger charge is -2.09. The standard InChI is InChI=1S/C20H22N2O6/c1-25-15-7-5-13(18(12-15)28-4)6-8-19(23)21-22-20(24)14-9-16(26-2)11-17(10-14)27-3/h5-12H,1-4H3,(H,21,23)(H,22,24)/b8-6+. The fourth-order valence-corrected chi connectivity index (χ4v) is 2.29. The molecule has 8 heteroatoms. The van der Waals surface area contributed by atoms with Crippen molar-refractivity contribution in [3.05, 3.63) is 53.6 Å². The summed E-state index contributed by atoms with van der Waals surface area (Å²) in [6.45, 7) is 0. The van der Waals surface area contributed by atoms with Gasteiger partial charge in [-0.3, -0.25) is 20.4 Å². The maximum Gasteiger partial charge on any atom is 0.269 e. The van der Waals surface area contributed by atoms with Gasteiger partial charge in [0.2, 0.25) is 0 Å². The van der Waals surface area contributed by atoms with Gasteiger partial charge in [0.25, 0.3) is 11.8 Å². The quantitative estimate of drug-likeness (QED) is 0.560. The van der Waals surface area contributed by atoms with Gasteiger partial charge in [-0.1, -0.05) is 0 Å². The molecule has 0 fully saturated rings. The number of nitrogens with one attached hydrogen (secondary N) is 2. The van der Waals surface area contributed by atoms with E-state index in [2.05, 4.69) is 10.9 Å². The minimum absolute atomic E-state index is 0.275. The molecule has 28 heavy (non-hydrogen) atoms. The fraction of sp³-hybridized carbons (Fsp3) is 0.200. The van der Waals surface area contributed by atoms with Crippen molar-refractivity contribution in [3.63, 3.8) is 0 Å². The van der Waals surface area contributed by atoms with Crippen LogP contribution in [0, 0.1) is 0 Å². The van der Waals surface area contributed by atoms with E-state index >= 15 is 0 Å². The van der Waals surface area contributed by atoms with Crippen LogP contribution in [0.1, 0.15) is 15.9 Å². The molecule has 2 N–H and O–H groups in total. The van der Waals surface area contributed by atoms with E-state index in [0.717, 1.165) is 0 Å². The number of hydrazine groups is 1. The highest BCUT2D eigenvalue weighted by atomic mass is 16.5. The van der Waals surface area contributed by atoms with E-state index in [4.69, 9.17) is 18.9 Å². The van der Waals surface area contributed by atoms with Crippen LogP contribution in [0.2, 0.25) is 0 Å². The lowest BCUT2D eigenvalue weighted by Crippen LogP contribution is -2.40. The summed E-state index contributed by atoms with van der Waals surface area (Å²) in [6, 6.07) is 9.90. The Labute approximate surface area is 163 Å². The highest BCUT2D eigenvalue weighted by molar-refractivity contribution is 5.98. The normalized spacial score (nSPS) is 10.3. The van der Waals surface area contributed by atoms with Gasteiger partial charge in [0.1, 0.15) is 23.0 Å². The number of hydrogen-bond acceptors (Lipinski definition) is 6. The van der Waals surface area contributed by atoms with Crippen LogP contribution < -0.4 is 29.8 Å². The van der Waals surface area contributed by atoms with Crippen molar-refractivity contribution < 1.29 is 28.5 Å². The lowest BCUT2D eigenvalue weighted by atomic mass is 10.1. The molecular formula is C20H22N2O6. The molecule has 0 saturated heterocycles. The monoisotopic (exact) mass is 386 g/mol. The Morgan fingerprint density at radius 2 is 1.43 bits per heavy atom. The molecule has 0 aliphatic rings. The number of rotatable bonds is 7. The second-order valence-electron chi connectivity index (χ2n) is 5.49. The van der Waals surface area contributed by atoms with Crippen molar-refractivity contribution in [1.82, 2.24) is 10.9 Å². The molecule has 0 saturated carbocycles. The van der Waals surface area contributed by atoms with Crippen LogP contribution in [0.25, 0.3) is 6.08 Å². The Kier molecular flexibility index (Phi) is 7.27. The van der Waals surface area contributed by atoms with Crippen LogP contribution in [0.3, 0.4) is 0 Å². The zero-order valence-corrected chi connectivity index (χ0v) is 16.1. The Morgan fingerprint density at radius 3 is 2.00 bits per heavy atom. The van der Waals surface area contributed by atoms with Gasteiger partial charge < -0.3 is 18.9 Å². The minimum Gasteiger partial charge on any atom is -0.497 e. The first-order valence-electron chi connectivity index (χ1n) is 8.24. The molecule has 0 atom stereocenters. The van der Waals surface area contributed by atoms with Crippen LogP contribution >= 0.6 is 0 Å². The Hall–Kier alpha value is -3.68. The summed E-state index contributed by atoms with van der Waals surface area (Å²) in [5.74, 6) is 1.09. The number of carbonyl (C=O) groups is 2. The third-order valence-electron chi connectivity index (χ3n) is 3.77. The van der Waals surface area contributed by atoms with Gasteiger partial charge in [-0.2, -0.15) is 0 Å². The molecule has 0 spiro atoms. The highest BCUT2D eigenvalue weighted by Crippen LogP contribution is 2.25. The molecule has 0 aromatic heterocycles. The van der Waals surface area contributed by atoms with Crippen molar-refractivity contribution in [2.75, 3.05) is 28.4 Å². The minimum atomic E-state index is -0.513. The van der Waals surface area contributed by atoms with E-state index in [1.54, 1.807) is 37.5 Å². The maximum atomic E-state index is 12.2. The van der Waals surface area contributed by atoms with Crippen LogP contribution in [0.5, 0.6) is 23.0 Å². The predicted molar refractivity (Wildman–Crippen MR) is 104 cm³/mol. The van der Waals surface area contributed by atoms with Crippen molar-refractivity contribution in [2.24, 2.45) is 0 Å². The van der Waals surface area contributed by atoms with Gasteiger partial charge in [0, 0.05) is 29.3 Å². The molecule has 0 unspecified atom stereocenters. The zero-order chi connectivity index (χ0) is 20.5. The first-order chi connectivity index (χ1) is 13.5. The maximum absolute atomic E-state index is 12.2. The molecule has 0 aliphatic heterocycles. The summed E-state index contributed by atoms with van der Waals surface area (Å²) in [5, 5.41) is 0. The van der Waals surface area contributed by atoms with E-state index in [-0.39, 0.29) is 5.56 Å². The van der Waals surface area contributed by atoms with Crippen molar-refractivity contribution in [1.29, 1.82) is 0 Å². The zero-order valence-electron chi connectivity index (χ0n) is 16.1. The predicted octanol–water partition coefficient (Wildman–Crippen LogP) is 2.20. The fourth-order valence-electron chi connectivity index (χ4n) is 2.29. The van der Waals surface area contributed by atoms with Crippen molar-refractivity contribution in [2.45, 2.75) is 0 Å². The van der Waals surface area contributed by atoms with Crippen molar-refractivity contribution >= 4 is 17.9 Å². The SMILES string of the molecule is COc1cc(OC)cc(C(=O)NNC(=O)/C=C/c2ccc(OC)cc2OC)c1. The van der Waals surface area contributed by atoms with Crippen LogP contribution in [-0.4, -0.2) is 40.3 Å². The summed E-state index contributed by atoms with van der Waals surface area (Å²) in [5.41, 5.74) is 5.60. The van der Waals surface area contributed by atoms with E-state index in [1.165, 1.54) is 39.5 Å². The summed E-state index contributed by atoms with van der Waals surface area (Å²) in [7, 11) is 6.04. The third kappa shape index (κ3) is 5.41. The molecule has 0 aliphatic carbocycles. The van der Waals surface area contributed by atoms with Gasteiger partial charge >= 0.3 is 0 Å². The second kappa shape index (κ2) is 9.86. The van der Waals surface area contributed by atoms with E-state index < -0.39 is 11.8 Å². The summed E-state index contributed by atoms with van der Waals surface area (Å²) in [4.78, 5) is 24.2. The molecule has 0 heterocycles. The van der Waals surface area contributed by atoms with Gasteiger partial charge in [0.15, 0.2) is 0 Å². The van der Waals surface area contributed by atoms with Crippen LogP contribution in [-0.2, 0) is 4.79 Å². The van der Waals surface area contributed by atoms with Gasteiger partial charge in [0.05, 0.1) is 28.4 Å². The number of ether oxygens (including phenoxy) is 4. The molecule has 8 nitrogen and oxygen atoms in total. The summed E-state index contributed by atoms with van der Waals surface area (Å²) in [6.07, 6.45) is 2.84. The Bertz CT molecular complexity index is 857. The number of carbonyl (C=O) groups excluding carboxylic acids is 2. The molecular weight excluding hydrogens is 364 g/mol. The molecule has 2 aromatic carbocycles. The smallest absolute Gasteiger partial charge is 0.269 e. The number of benzene rings is 2. The molecule has 2 rings (SSSR count). The number of amides is 2. The van der Waals surface area contributed by atoms with Crippen LogP contribution in [0.15, 0.2) is 42.5 Å². The van der Waals surface area contributed by atoms with E-state index in [9.17, 15) is 9.59 Å². The molecule has 0 bridgehead atoms. The number of methoxy groups -OCH3 is 4. The van der Waals surface area contributed by atoms with Gasteiger partial charge in [-0.05, 0) is 30.3 Å². The topological polar surface area (TPSA) is 95.1 Å². The molecule has 0 radical (unpaired) electrons. The van der Waals surface area contributed by atoms with Gasteiger partial charge in [-0.25, -0.2) is 0 Å². The number of hydrogen-bond donors (Lipinski definition) is 2. The average molecular weight is 386 g/mol. The summed E-state index contributed by atoms with van der Waals surface area (Å²) < 4.78 is 20.6. The van der Waals surface area contributed by atoms with Gasteiger partial charge in [-0.15, -0.1) is 0 Å². The first-order valence-corrected chi connectivity index (χ1v) is 8.24. The Morgan fingerprint density at radius 1 is 0.786 bits per heavy atom.